The van der Waals surface area contributed by atoms with Crippen molar-refractivity contribution in [2.24, 2.45) is 5.11 Å². The van der Waals surface area contributed by atoms with Crippen molar-refractivity contribution in [3.63, 3.8) is 0 Å². The van der Waals surface area contributed by atoms with E-state index in [0.717, 1.165) is 16.2 Å². The minimum absolute atomic E-state index is 0.321. The molecule has 2 fully saturated rings. The highest BCUT2D eigenvalue weighted by Crippen LogP contribution is 2.41. The molecule has 0 saturated carbocycles. The van der Waals surface area contributed by atoms with Crippen LogP contribution in [0.1, 0.15) is 11.9 Å². The lowest BCUT2D eigenvalue weighted by molar-refractivity contribution is -0.298. The molecule has 0 N–H and O–H groups in total. The van der Waals surface area contributed by atoms with E-state index in [1.807, 2.05) is 54.6 Å². The summed E-state index contributed by atoms with van der Waals surface area (Å²) >= 11 is 1.53. The number of fused-ring (bicyclic) bond motifs is 1. The summed E-state index contributed by atoms with van der Waals surface area (Å²) in [5, 5.41) is 4.03. The Morgan fingerprint density at radius 1 is 1.07 bits per heavy atom. The van der Waals surface area contributed by atoms with Crippen LogP contribution in [0.25, 0.3) is 10.4 Å². The number of thioether (sulfide) groups is 1. The van der Waals surface area contributed by atoms with E-state index in [-0.39, 0.29) is 11.5 Å². The molecular weight excluding hydrogens is 406 g/mol. The maximum absolute atomic E-state index is 9.19. The summed E-state index contributed by atoms with van der Waals surface area (Å²) in [4.78, 5) is 4.09. The van der Waals surface area contributed by atoms with Crippen LogP contribution in [0.4, 0.5) is 0 Å². The summed E-state index contributed by atoms with van der Waals surface area (Å²) in [6.07, 6.45) is -1.92. The van der Waals surface area contributed by atoms with Crippen molar-refractivity contribution < 1.29 is 23.7 Å². The van der Waals surface area contributed by atoms with Crippen LogP contribution in [0.15, 0.2) is 64.6 Å². The van der Waals surface area contributed by atoms with Gasteiger partial charge >= 0.3 is 0 Å². The van der Waals surface area contributed by atoms with Crippen LogP contribution in [0.3, 0.4) is 0 Å². The lowest BCUT2D eigenvalue weighted by Crippen LogP contribution is -2.60. The molecule has 8 nitrogen and oxygen atoms in total. The number of azide groups is 1. The Morgan fingerprint density at radius 2 is 1.83 bits per heavy atom. The zero-order valence-electron chi connectivity index (χ0n) is 16.7. The molecule has 2 heterocycles. The van der Waals surface area contributed by atoms with E-state index in [0.29, 0.717) is 6.61 Å². The number of nitrogens with zero attached hydrogens (tertiary/aromatic N) is 3. The molecule has 4 rings (SSSR count). The van der Waals surface area contributed by atoms with Gasteiger partial charge in [-0.25, -0.2) is 0 Å². The van der Waals surface area contributed by atoms with Gasteiger partial charge in [-0.05, 0) is 29.8 Å². The van der Waals surface area contributed by atoms with Gasteiger partial charge < -0.3 is 23.7 Å². The Hall–Kier alpha value is -2.26. The molecule has 30 heavy (non-hydrogen) atoms. The van der Waals surface area contributed by atoms with Crippen molar-refractivity contribution in [3.8, 4) is 5.75 Å². The average Bonchev–Trinajstić information content (AvgIpc) is 2.80. The normalized spacial score (nSPS) is 30.7. The highest BCUT2D eigenvalue weighted by atomic mass is 32.2. The Labute approximate surface area is 179 Å². The molecule has 0 aliphatic carbocycles. The summed E-state index contributed by atoms with van der Waals surface area (Å²) in [5.74, 6) is 0.751. The third-order valence-corrected chi connectivity index (χ3v) is 6.31. The van der Waals surface area contributed by atoms with Crippen LogP contribution in [-0.4, -0.2) is 50.6 Å². The molecular formula is C21H23N3O5S. The number of hydrogen-bond donors (Lipinski definition) is 0. The molecule has 158 valence electrons. The lowest BCUT2D eigenvalue weighted by atomic mass is 9.96. The monoisotopic (exact) mass is 429 g/mol. The number of ether oxygens (including phenoxy) is 5. The summed E-state index contributed by atoms with van der Waals surface area (Å²) in [6.45, 7) is 0.321. The van der Waals surface area contributed by atoms with Gasteiger partial charge in [-0.3, -0.25) is 0 Å². The smallest absolute Gasteiger partial charge is 0.184 e. The van der Waals surface area contributed by atoms with Crippen molar-refractivity contribution in [2.75, 3.05) is 20.8 Å². The standard InChI is InChI=1S/C21H23N3O5S/c1-25-14-10-8-13(9-11-14)20-27-12-16-18(29-20)17(23-24-22)19(26-2)21(28-16)30-15-6-4-3-5-7-15/h3-11,16-21H,12H2,1-2H3/t16-,17+,18+,19-,20+,21+/m1/s1. The first-order valence-electron chi connectivity index (χ1n) is 9.58. The second-order valence-electron chi connectivity index (χ2n) is 6.91. The van der Waals surface area contributed by atoms with Gasteiger partial charge in [0.2, 0.25) is 0 Å². The predicted molar refractivity (Wildman–Crippen MR) is 111 cm³/mol. The van der Waals surface area contributed by atoms with Crippen LogP contribution in [0, 0.1) is 0 Å². The first kappa shape index (κ1) is 21.0. The molecule has 9 heteroatoms. The summed E-state index contributed by atoms with van der Waals surface area (Å²) in [5.41, 5.74) is 9.68. The molecule has 2 saturated heterocycles. The van der Waals surface area contributed by atoms with Gasteiger partial charge in [-0.1, -0.05) is 47.2 Å². The second kappa shape index (κ2) is 9.70. The minimum Gasteiger partial charge on any atom is -0.497 e. The van der Waals surface area contributed by atoms with Crippen molar-refractivity contribution in [1.82, 2.24) is 0 Å². The van der Waals surface area contributed by atoms with Crippen LogP contribution < -0.4 is 4.74 Å². The molecule has 2 aliphatic rings. The number of rotatable bonds is 6. The van der Waals surface area contributed by atoms with Gasteiger partial charge in [0, 0.05) is 22.5 Å². The zero-order valence-corrected chi connectivity index (χ0v) is 17.5. The Bertz CT molecular complexity index is 878. The van der Waals surface area contributed by atoms with Crippen LogP contribution in [0.5, 0.6) is 5.75 Å². The van der Waals surface area contributed by atoms with Crippen LogP contribution in [0.2, 0.25) is 0 Å². The summed E-state index contributed by atoms with van der Waals surface area (Å²) in [6, 6.07) is 16.8. The van der Waals surface area contributed by atoms with Gasteiger partial charge in [0.05, 0.1) is 19.8 Å². The molecule has 0 spiro atoms. The Morgan fingerprint density at radius 3 is 2.50 bits per heavy atom. The first-order chi connectivity index (χ1) is 14.7. The highest BCUT2D eigenvalue weighted by molar-refractivity contribution is 7.99. The van der Waals surface area contributed by atoms with Crippen molar-refractivity contribution >= 4 is 11.8 Å². The second-order valence-corrected chi connectivity index (χ2v) is 8.08. The van der Waals surface area contributed by atoms with Crippen LogP contribution in [-0.2, 0) is 18.9 Å². The largest absolute Gasteiger partial charge is 0.497 e. The molecule has 0 amide bonds. The van der Waals surface area contributed by atoms with E-state index >= 15 is 0 Å². The fraction of sp³-hybridized carbons (Fsp3) is 0.429. The fourth-order valence-electron chi connectivity index (χ4n) is 3.67. The molecule has 0 radical (unpaired) electrons. The topological polar surface area (TPSA) is 94.9 Å². The van der Waals surface area contributed by atoms with E-state index in [9.17, 15) is 5.53 Å². The molecule has 2 aromatic rings. The van der Waals surface area contributed by atoms with Gasteiger partial charge in [0.25, 0.3) is 0 Å². The van der Waals surface area contributed by atoms with Crippen molar-refractivity contribution in [1.29, 1.82) is 0 Å². The summed E-state index contributed by atoms with van der Waals surface area (Å²) < 4.78 is 29.3. The van der Waals surface area contributed by atoms with E-state index in [4.69, 9.17) is 23.7 Å². The molecule has 2 aromatic carbocycles. The van der Waals surface area contributed by atoms with Crippen LogP contribution >= 0.6 is 11.8 Å². The van der Waals surface area contributed by atoms with Gasteiger partial charge in [-0.2, -0.15) is 0 Å². The zero-order chi connectivity index (χ0) is 20.9. The predicted octanol–water partition coefficient (Wildman–Crippen LogP) is 4.32. The molecule has 6 atom stereocenters. The van der Waals surface area contributed by atoms with Crippen molar-refractivity contribution in [3.05, 3.63) is 70.6 Å². The Balaban J connectivity index is 1.55. The van der Waals surface area contributed by atoms with E-state index in [1.54, 1.807) is 14.2 Å². The molecule has 0 aromatic heterocycles. The quantitative estimate of drug-likeness (QED) is 0.386. The number of benzene rings is 2. The third kappa shape index (κ3) is 4.41. The van der Waals surface area contributed by atoms with E-state index < -0.39 is 24.5 Å². The number of methoxy groups -OCH3 is 2. The van der Waals surface area contributed by atoms with Crippen molar-refractivity contribution in [2.45, 2.75) is 41.0 Å². The SMILES string of the molecule is COc1ccc([C@H]2OC[C@H]3O[C@@H](Sc4ccccc4)[C@H](OC)[C@@H](N=[N+]=[N-])[C@H]3O2)cc1. The minimum atomic E-state index is -0.590. The fourth-order valence-corrected chi connectivity index (χ4v) is 4.85. The van der Waals surface area contributed by atoms with Gasteiger partial charge in [-0.15, -0.1) is 0 Å². The Kier molecular flexibility index (Phi) is 6.79. The number of hydrogen-bond acceptors (Lipinski definition) is 7. The third-order valence-electron chi connectivity index (χ3n) is 5.15. The average molecular weight is 429 g/mol. The van der Waals surface area contributed by atoms with E-state index in [1.165, 1.54) is 11.8 Å². The summed E-state index contributed by atoms with van der Waals surface area (Å²) in [7, 11) is 3.21. The highest BCUT2D eigenvalue weighted by Gasteiger charge is 2.50. The maximum atomic E-state index is 9.19. The molecule has 2 aliphatic heterocycles. The van der Waals surface area contributed by atoms with E-state index in [2.05, 4.69) is 10.0 Å². The first-order valence-corrected chi connectivity index (χ1v) is 10.5. The molecule has 0 bridgehead atoms. The van der Waals surface area contributed by atoms with Gasteiger partial charge in [0.1, 0.15) is 29.5 Å². The maximum Gasteiger partial charge on any atom is 0.184 e. The lowest BCUT2D eigenvalue weighted by Gasteiger charge is -2.47. The molecule has 0 unspecified atom stereocenters. The van der Waals surface area contributed by atoms with Gasteiger partial charge in [0.15, 0.2) is 6.29 Å².